The Hall–Kier alpha value is -0.300. The Morgan fingerprint density at radius 1 is 1.42 bits per heavy atom. The van der Waals surface area contributed by atoms with Gasteiger partial charge in [0.15, 0.2) is 0 Å². The van der Waals surface area contributed by atoms with E-state index in [9.17, 15) is 0 Å². The molecular weight excluding hydrogens is 148 g/mol. The van der Waals surface area contributed by atoms with Crippen molar-refractivity contribution in [1.29, 1.82) is 0 Å². The van der Waals surface area contributed by atoms with Gasteiger partial charge >= 0.3 is 0 Å². The van der Waals surface area contributed by atoms with E-state index in [4.69, 9.17) is 4.74 Å². The molecule has 0 bridgehead atoms. The quantitative estimate of drug-likeness (QED) is 0.587. The minimum absolute atomic E-state index is 0.115. The molecule has 0 spiro atoms. The van der Waals surface area contributed by atoms with Gasteiger partial charge in [-0.2, -0.15) is 0 Å². The predicted octanol–water partition coefficient (Wildman–Crippen LogP) is 3.30. The van der Waals surface area contributed by atoms with Gasteiger partial charge < -0.3 is 4.74 Å². The molecule has 1 aliphatic carbocycles. The fraction of sp³-hybridized carbons (Fsp3) is 0.818. The SMILES string of the molecule is C/C=C(\CC)C1(OC)CCCC1. The van der Waals surface area contributed by atoms with Gasteiger partial charge in [-0.05, 0) is 31.8 Å². The lowest BCUT2D eigenvalue weighted by Gasteiger charge is -2.30. The second-order valence-corrected chi connectivity index (χ2v) is 3.57. The Kier molecular flexibility index (Phi) is 3.33. The fourth-order valence-corrected chi connectivity index (χ4v) is 2.39. The van der Waals surface area contributed by atoms with Gasteiger partial charge in [-0.3, -0.25) is 0 Å². The molecule has 0 amide bonds. The van der Waals surface area contributed by atoms with Gasteiger partial charge in [0, 0.05) is 7.11 Å². The van der Waals surface area contributed by atoms with Gasteiger partial charge in [0.25, 0.3) is 0 Å². The van der Waals surface area contributed by atoms with Crippen molar-refractivity contribution < 1.29 is 4.74 Å². The van der Waals surface area contributed by atoms with Crippen molar-refractivity contribution in [3.63, 3.8) is 0 Å². The number of hydrogen-bond donors (Lipinski definition) is 0. The van der Waals surface area contributed by atoms with E-state index >= 15 is 0 Å². The van der Waals surface area contributed by atoms with E-state index in [0.717, 1.165) is 6.42 Å². The van der Waals surface area contributed by atoms with Crippen LogP contribution in [-0.4, -0.2) is 12.7 Å². The number of allylic oxidation sites excluding steroid dienone is 1. The maximum absolute atomic E-state index is 5.67. The summed E-state index contributed by atoms with van der Waals surface area (Å²) in [4.78, 5) is 0. The second kappa shape index (κ2) is 4.08. The molecule has 0 heterocycles. The van der Waals surface area contributed by atoms with Crippen LogP contribution in [0.15, 0.2) is 11.6 Å². The molecule has 1 heteroatoms. The molecule has 0 aromatic rings. The van der Waals surface area contributed by atoms with Crippen molar-refractivity contribution >= 4 is 0 Å². The first-order chi connectivity index (χ1) is 5.79. The first-order valence-electron chi connectivity index (χ1n) is 5.00. The van der Waals surface area contributed by atoms with Crippen molar-refractivity contribution in [3.05, 3.63) is 11.6 Å². The van der Waals surface area contributed by atoms with Crippen LogP contribution in [0.4, 0.5) is 0 Å². The summed E-state index contributed by atoms with van der Waals surface area (Å²) in [5.41, 5.74) is 1.60. The number of hydrogen-bond acceptors (Lipinski definition) is 1. The zero-order chi connectivity index (χ0) is 9.03. The monoisotopic (exact) mass is 168 g/mol. The second-order valence-electron chi connectivity index (χ2n) is 3.57. The highest BCUT2D eigenvalue weighted by Gasteiger charge is 2.35. The Labute approximate surface area is 75.8 Å². The number of ether oxygens (including phenoxy) is 1. The lowest BCUT2D eigenvalue weighted by atomic mass is 9.89. The smallest absolute Gasteiger partial charge is 0.0887 e. The van der Waals surface area contributed by atoms with Gasteiger partial charge in [0.1, 0.15) is 0 Å². The summed E-state index contributed by atoms with van der Waals surface area (Å²) in [6.45, 7) is 4.34. The van der Waals surface area contributed by atoms with Crippen LogP contribution in [0.1, 0.15) is 46.0 Å². The first kappa shape index (κ1) is 9.79. The Balaban J connectivity index is 2.77. The van der Waals surface area contributed by atoms with Gasteiger partial charge in [-0.15, -0.1) is 0 Å². The minimum Gasteiger partial charge on any atom is -0.374 e. The van der Waals surface area contributed by atoms with Crippen molar-refractivity contribution in [2.75, 3.05) is 7.11 Å². The molecular formula is C11H20O. The predicted molar refractivity (Wildman–Crippen MR) is 52.3 cm³/mol. The Morgan fingerprint density at radius 2 is 2.00 bits per heavy atom. The van der Waals surface area contributed by atoms with E-state index in [1.54, 1.807) is 0 Å². The Bertz CT molecular complexity index is 164. The molecule has 0 atom stereocenters. The van der Waals surface area contributed by atoms with E-state index in [0.29, 0.717) is 0 Å². The molecule has 0 saturated heterocycles. The molecule has 1 nitrogen and oxygen atoms in total. The molecule has 12 heavy (non-hydrogen) atoms. The zero-order valence-corrected chi connectivity index (χ0v) is 8.52. The normalized spacial score (nSPS) is 23.1. The van der Waals surface area contributed by atoms with Crippen LogP contribution in [0.2, 0.25) is 0 Å². The van der Waals surface area contributed by atoms with E-state index in [1.807, 2.05) is 7.11 Å². The molecule has 1 aliphatic rings. The summed E-state index contributed by atoms with van der Waals surface area (Å²) in [7, 11) is 1.85. The molecule has 1 saturated carbocycles. The van der Waals surface area contributed by atoms with Gasteiger partial charge in [-0.1, -0.05) is 25.8 Å². The third kappa shape index (κ3) is 1.56. The molecule has 0 aliphatic heterocycles. The van der Waals surface area contributed by atoms with Crippen LogP contribution in [-0.2, 0) is 4.74 Å². The lowest BCUT2D eigenvalue weighted by molar-refractivity contribution is 0.0258. The zero-order valence-electron chi connectivity index (χ0n) is 8.52. The third-order valence-electron chi connectivity index (χ3n) is 3.12. The maximum atomic E-state index is 5.67. The molecule has 70 valence electrons. The summed E-state index contributed by atoms with van der Waals surface area (Å²) in [5.74, 6) is 0. The van der Waals surface area contributed by atoms with Crippen LogP contribution >= 0.6 is 0 Å². The highest BCUT2D eigenvalue weighted by atomic mass is 16.5. The standard InChI is InChI=1S/C11H20O/c1-4-10(5-2)11(12-3)8-6-7-9-11/h4H,5-9H2,1-3H3/b10-4+. The fourth-order valence-electron chi connectivity index (χ4n) is 2.39. The summed E-state index contributed by atoms with van der Waals surface area (Å²) in [6, 6.07) is 0. The maximum Gasteiger partial charge on any atom is 0.0887 e. The van der Waals surface area contributed by atoms with Crippen LogP contribution in [0, 0.1) is 0 Å². The van der Waals surface area contributed by atoms with Crippen LogP contribution < -0.4 is 0 Å². The summed E-state index contributed by atoms with van der Waals surface area (Å²) >= 11 is 0. The topological polar surface area (TPSA) is 9.23 Å². The van der Waals surface area contributed by atoms with Gasteiger partial charge in [-0.25, -0.2) is 0 Å². The molecule has 0 aromatic heterocycles. The molecule has 0 aromatic carbocycles. The highest BCUT2D eigenvalue weighted by Crippen LogP contribution is 2.39. The average Bonchev–Trinajstić information content (AvgIpc) is 2.56. The molecule has 0 unspecified atom stereocenters. The van der Waals surface area contributed by atoms with Gasteiger partial charge in [0.2, 0.25) is 0 Å². The number of rotatable bonds is 3. The largest absolute Gasteiger partial charge is 0.374 e. The van der Waals surface area contributed by atoms with Crippen LogP contribution in [0.3, 0.4) is 0 Å². The summed E-state index contributed by atoms with van der Waals surface area (Å²) < 4.78 is 5.67. The van der Waals surface area contributed by atoms with Crippen molar-refractivity contribution in [2.24, 2.45) is 0 Å². The third-order valence-corrected chi connectivity index (χ3v) is 3.12. The first-order valence-corrected chi connectivity index (χ1v) is 5.00. The molecule has 0 radical (unpaired) electrons. The minimum atomic E-state index is 0.115. The average molecular weight is 168 g/mol. The van der Waals surface area contributed by atoms with Gasteiger partial charge in [0.05, 0.1) is 5.60 Å². The summed E-state index contributed by atoms with van der Waals surface area (Å²) in [5, 5.41) is 0. The highest BCUT2D eigenvalue weighted by molar-refractivity contribution is 5.18. The van der Waals surface area contributed by atoms with E-state index in [1.165, 1.54) is 31.3 Å². The van der Waals surface area contributed by atoms with Crippen molar-refractivity contribution in [1.82, 2.24) is 0 Å². The van der Waals surface area contributed by atoms with E-state index in [-0.39, 0.29) is 5.60 Å². The van der Waals surface area contributed by atoms with E-state index in [2.05, 4.69) is 19.9 Å². The summed E-state index contributed by atoms with van der Waals surface area (Å²) in [6.07, 6.45) is 8.45. The molecule has 0 N–H and O–H groups in total. The Morgan fingerprint density at radius 3 is 2.33 bits per heavy atom. The molecule has 1 fully saturated rings. The van der Waals surface area contributed by atoms with Crippen LogP contribution in [0.5, 0.6) is 0 Å². The number of methoxy groups -OCH3 is 1. The van der Waals surface area contributed by atoms with E-state index < -0.39 is 0 Å². The molecule has 1 rings (SSSR count). The van der Waals surface area contributed by atoms with Crippen molar-refractivity contribution in [3.8, 4) is 0 Å². The lowest BCUT2D eigenvalue weighted by Crippen LogP contribution is -2.29. The van der Waals surface area contributed by atoms with Crippen molar-refractivity contribution in [2.45, 2.75) is 51.6 Å². The van der Waals surface area contributed by atoms with Crippen LogP contribution in [0.25, 0.3) is 0 Å².